The number of benzene rings is 4. The molecule has 0 atom stereocenters. The molecule has 0 aliphatic carbocycles. The molecule has 5 rings (SSSR count). The van der Waals surface area contributed by atoms with Crippen molar-refractivity contribution in [1.82, 2.24) is 4.98 Å². The smallest absolute Gasteiger partial charge is 0.360 e. The Morgan fingerprint density at radius 3 is 2.05 bits per heavy atom. The SMILES string of the molecule is O=C(O)C(=NOCc1ccccc1)c1csc(Nc2ccccc2C(c2ccccc2)c2ccccc2)n1. The number of rotatable bonds is 10. The van der Waals surface area contributed by atoms with Crippen molar-refractivity contribution in [2.75, 3.05) is 5.32 Å². The molecule has 0 bridgehead atoms. The lowest BCUT2D eigenvalue weighted by molar-refractivity contribution is -0.129. The lowest BCUT2D eigenvalue weighted by atomic mass is 9.84. The van der Waals surface area contributed by atoms with E-state index in [4.69, 9.17) is 4.84 Å². The minimum Gasteiger partial charge on any atom is -0.476 e. The second kappa shape index (κ2) is 12.0. The van der Waals surface area contributed by atoms with Crippen LogP contribution in [-0.2, 0) is 16.2 Å². The summed E-state index contributed by atoms with van der Waals surface area (Å²) in [7, 11) is 0. The molecule has 0 saturated carbocycles. The van der Waals surface area contributed by atoms with Gasteiger partial charge in [-0.3, -0.25) is 0 Å². The second-order valence-corrected chi connectivity index (χ2v) is 9.37. The summed E-state index contributed by atoms with van der Waals surface area (Å²) in [6, 6.07) is 38.2. The van der Waals surface area contributed by atoms with E-state index in [9.17, 15) is 9.90 Å². The summed E-state index contributed by atoms with van der Waals surface area (Å²) in [5.74, 6) is -1.20. The third-order valence-electron chi connectivity index (χ3n) is 5.96. The number of carboxylic acid groups (broad SMARTS) is 1. The number of hydrogen-bond donors (Lipinski definition) is 2. The van der Waals surface area contributed by atoms with Crippen LogP contribution in [-0.4, -0.2) is 21.8 Å². The number of aliphatic carboxylic acids is 1. The Kier molecular flexibility index (Phi) is 7.86. The van der Waals surface area contributed by atoms with Gasteiger partial charge < -0.3 is 15.3 Å². The van der Waals surface area contributed by atoms with Crippen molar-refractivity contribution < 1.29 is 14.7 Å². The minimum atomic E-state index is -1.21. The fourth-order valence-corrected chi connectivity index (χ4v) is 4.91. The second-order valence-electron chi connectivity index (χ2n) is 8.51. The number of anilines is 2. The van der Waals surface area contributed by atoms with E-state index >= 15 is 0 Å². The molecule has 0 aliphatic rings. The van der Waals surface area contributed by atoms with Crippen LogP contribution in [0, 0.1) is 0 Å². The van der Waals surface area contributed by atoms with Gasteiger partial charge in [0.25, 0.3) is 0 Å². The van der Waals surface area contributed by atoms with E-state index < -0.39 is 5.97 Å². The Hall–Kier alpha value is -4.75. The van der Waals surface area contributed by atoms with Crippen LogP contribution in [0.2, 0.25) is 0 Å². The Labute approximate surface area is 224 Å². The van der Waals surface area contributed by atoms with Crippen LogP contribution in [0.5, 0.6) is 0 Å². The number of hydrogen-bond acceptors (Lipinski definition) is 6. The standard InChI is InChI=1S/C31H25N3O3S/c35-30(36)29(34-37-20-22-12-4-1-5-13-22)27-21-38-31(33-27)32-26-19-11-10-18-25(26)28(23-14-6-2-7-15-23)24-16-8-3-9-17-24/h1-19,21,28H,20H2,(H,32,33)(H,35,36). The maximum atomic E-state index is 11.9. The van der Waals surface area contributed by atoms with Gasteiger partial charge in [-0.1, -0.05) is 114 Å². The Morgan fingerprint density at radius 2 is 1.42 bits per heavy atom. The van der Waals surface area contributed by atoms with Crippen LogP contribution in [0.4, 0.5) is 10.8 Å². The molecule has 0 unspecified atom stereocenters. The van der Waals surface area contributed by atoms with E-state index in [1.807, 2.05) is 84.9 Å². The fourth-order valence-electron chi connectivity index (χ4n) is 4.20. The first-order valence-electron chi connectivity index (χ1n) is 12.1. The Morgan fingerprint density at radius 1 is 0.842 bits per heavy atom. The van der Waals surface area contributed by atoms with E-state index in [1.165, 1.54) is 22.5 Å². The predicted molar refractivity (Wildman–Crippen MR) is 151 cm³/mol. The van der Waals surface area contributed by atoms with E-state index in [0.29, 0.717) is 5.13 Å². The minimum absolute atomic E-state index is 0.00284. The summed E-state index contributed by atoms with van der Waals surface area (Å²) in [4.78, 5) is 21.7. The van der Waals surface area contributed by atoms with Gasteiger partial charge in [-0.05, 0) is 28.3 Å². The lowest BCUT2D eigenvalue weighted by Gasteiger charge is -2.22. The summed E-state index contributed by atoms with van der Waals surface area (Å²) >= 11 is 1.31. The van der Waals surface area contributed by atoms with Crippen molar-refractivity contribution in [2.24, 2.45) is 5.16 Å². The highest BCUT2D eigenvalue weighted by Crippen LogP contribution is 2.37. The van der Waals surface area contributed by atoms with Crippen molar-refractivity contribution >= 4 is 33.8 Å². The Balaban J connectivity index is 1.41. The first kappa shape index (κ1) is 24.9. The topological polar surface area (TPSA) is 83.8 Å². The van der Waals surface area contributed by atoms with Gasteiger partial charge in [0.1, 0.15) is 12.3 Å². The summed E-state index contributed by atoms with van der Waals surface area (Å²) in [5, 5.41) is 19.2. The Bertz CT molecular complexity index is 1480. The predicted octanol–water partition coefficient (Wildman–Crippen LogP) is 7.07. The fraction of sp³-hybridized carbons (Fsp3) is 0.0645. The molecule has 0 radical (unpaired) electrons. The number of carboxylic acids is 1. The highest BCUT2D eigenvalue weighted by Gasteiger charge is 2.21. The van der Waals surface area contributed by atoms with E-state index in [1.54, 1.807) is 5.38 Å². The molecule has 5 aromatic rings. The van der Waals surface area contributed by atoms with Crippen LogP contribution >= 0.6 is 11.3 Å². The number of carbonyl (C=O) groups is 1. The van der Waals surface area contributed by atoms with Gasteiger partial charge in [0.15, 0.2) is 5.13 Å². The summed E-state index contributed by atoms with van der Waals surface area (Å²) in [6.45, 7) is 0.167. The van der Waals surface area contributed by atoms with Crippen LogP contribution in [0.25, 0.3) is 0 Å². The average molecular weight is 520 g/mol. The number of oxime groups is 1. The van der Waals surface area contributed by atoms with Gasteiger partial charge in [0, 0.05) is 17.0 Å². The zero-order valence-electron chi connectivity index (χ0n) is 20.4. The van der Waals surface area contributed by atoms with Gasteiger partial charge in [0.2, 0.25) is 5.71 Å². The molecule has 1 aromatic heterocycles. The van der Waals surface area contributed by atoms with Crippen LogP contribution in [0.3, 0.4) is 0 Å². The van der Waals surface area contributed by atoms with Crippen molar-refractivity contribution in [3.8, 4) is 0 Å². The number of thiazole rings is 1. The van der Waals surface area contributed by atoms with Gasteiger partial charge in [-0.2, -0.15) is 0 Å². The largest absolute Gasteiger partial charge is 0.476 e. The molecule has 0 spiro atoms. The molecule has 6 nitrogen and oxygen atoms in total. The molecule has 188 valence electrons. The highest BCUT2D eigenvalue weighted by atomic mass is 32.1. The maximum Gasteiger partial charge on any atom is 0.360 e. The summed E-state index contributed by atoms with van der Waals surface area (Å²) in [6.07, 6.45) is 0. The zero-order valence-corrected chi connectivity index (χ0v) is 21.2. The molecular weight excluding hydrogens is 494 g/mol. The van der Waals surface area contributed by atoms with Crippen molar-refractivity contribution in [3.63, 3.8) is 0 Å². The van der Waals surface area contributed by atoms with Crippen molar-refractivity contribution in [3.05, 3.63) is 149 Å². The van der Waals surface area contributed by atoms with Crippen molar-refractivity contribution in [1.29, 1.82) is 0 Å². The monoisotopic (exact) mass is 519 g/mol. The van der Waals surface area contributed by atoms with Gasteiger partial charge in [-0.25, -0.2) is 9.78 Å². The van der Waals surface area contributed by atoms with E-state index in [2.05, 4.69) is 45.8 Å². The molecular formula is C31H25N3O3S. The molecule has 0 aliphatic heterocycles. The summed E-state index contributed by atoms with van der Waals surface area (Å²) < 4.78 is 0. The van der Waals surface area contributed by atoms with E-state index in [0.717, 1.165) is 16.8 Å². The number of nitrogens with one attached hydrogen (secondary N) is 1. The molecule has 2 N–H and O–H groups in total. The number of aromatic nitrogens is 1. The highest BCUT2D eigenvalue weighted by molar-refractivity contribution is 7.14. The normalized spacial score (nSPS) is 11.3. The van der Waals surface area contributed by atoms with Crippen LogP contribution in [0.15, 0.2) is 126 Å². The molecule has 7 heteroatoms. The molecule has 1 heterocycles. The summed E-state index contributed by atoms with van der Waals surface area (Å²) in [5.41, 5.74) is 5.19. The van der Waals surface area contributed by atoms with Gasteiger partial charge >= 0.3 is 5.97 Å². The third kappa shape index (κ3) is 5.96. The maximum absolute atomic E-state index is 11.9. The lowest BCUT2D eigenvalue weighted by Crippen LogP contribution is -2.15. The third-order valence-corrected chi connectivity index (χ3v) is 6.72. The van der Waals surface area contributed by atoms with Gasteiger partial charge in [0.05, 0.1) is 0 Å². The molecule has 38 heavy (non-hydrogen) atoms. The van der Waals surface area contributed by atoms with Crippen molar-refractivity contribution in [2.45, 2.75) is 12.5 Å². The van der Waals surface area contributed by atoms with Crippen LogP contribution < -0.4 is 5.32 Å². The number of para-hydroxylation sites is 1. The first-order valence-corrected chi connectivity index (χ1v) is 13.0. The van der Waals surface area contributed by atoms with E-state index in [-0.39, 0.29) is 23.9 Å². The van der Waals surface area contributed by atoms with Gasteiger partial charge in [-0.15, -0.1) is 11.3 Å². The molecule has 0 saturated heterocycles. The number of nitrogens with zero attached hydrogens (tertiary/aromatic N) is 2. The quantitative estimate of drug-likeness (QED) is 0.117. The average Bonchev–Trinajstić information content (AvgIpc) is 3.41. The van der Waals surface area contributed by atoms with Crippen LogP contribution in [0.1, 0.15) is 33.9 Å². The molecule has 0 amide bonds. The zero-order chi connectivity index (χ0) is 26.2. The molecule has 0 fully saturated rings. The first-order chi connectivity index (χ1) is 18.7. The molecule has 4 aromatic carbocycles.